The lowest BCUT2D eigenvalue weighted by Gasteiger charge is -2.19. The molecular weight excluding hydrogens is 268 g/mol. The Hall–Kier alpha value is -1.59. The predicted octanol–water partition coefficient (Wildman–Crippen LogP) is 1.52. The Balaban J connectivity index is 2.03. The van der Waals surface area contributed by atoms with Crippen molar-refractivity contribution in [2.45, 2.75) is 18.6 Å². The van der Waals surface area contributed by atoms with E-state index in [9.17, 15) is 9.59 Å². The van der Waals surface area contributed by atoms with E-state index in [1.807, 2.05) is 0 Å². The van der Waals surface area contributed by atoms with Gasteiger partial charge in [0.2, 0.25) is 5.91 Å². The number of ether oxygens (including phenoxy) is 1. The molecule has 2 heterocycles. The van der Waals surface area contributed by atoms with Crippen LogP contribution in [-0.2, 0) is 9.53 Å². The van der Waals surface area contributed by atoms with E-state index in [4.69, 9.17) is 16.3 Å². The zero-order valence-corrected chi connectivity index (χ0v) is 11.1. The number of fused-ring (bicyclic) bond motifs is 2. The van der Waals surface area contributed by atoms with E-state index in [-0.39, 0.29) is 17.9 Å². The summed E-state index contributed by atoms with van der Waals surface area (Å²) in [6.07, 6.45) is 0.434. The molecule has 2 amide bonds. The summed E-state index contributed by atoms with van der Waals surface area (Å²) in [5.74, 6) is -0.344. The third-order valence-electron chi connectivity index (χ3n) is 3.63. The van der Waals surface area contributed by atoms with Crippen LogP contribution in [0.2, 0.25) is 5.02 Å². The largest absolute Gasteiger partial charge is 0.380 e. The van der Waals surface area contributed by atoms with Crippen molar-refractivity contribution in [2.75, 3.05) is 19.0 Å². The van der Waals surface area contributed by atoms with E-state index >= 15 is 0 Å². The second-order valence-corrected chi connectivity index (χ2v) is 5.18. The Labute approximate surface area is 115 Å². The molecular formula is C13H13ClN2O3. The lowest BCUT2D eigenvalue weighted by atomic mass is 10.1. The highest BCUT2D eigenvalue weighted by Gasteiger charge is 2.42. The second-order valence-electron chi connectivity index (χ2n) is 4.75. The molecule has 0 spiro atoms. The minimum Gasteiger partial charge on any atom is -0.380 e. The monoisotopic (exact) mass is 280 g/mol. The zero-order chi connectivity index (χ0) is 13.6. The average molecular weight is 281 g/mol. The standard InChI is InChI=1S/C13H13ClN2O3/c1-19-8-5-11-12(17)15-10-4-7(14)2-3-9(10)13(18)16(11)6-8/h2-4,8,11H,5-6H2,1H3,(H,15,17)/t8-,11+/m1/s1. The number of methoxy groups -OCH3 is 1. The van der Waals surface area contributed by atoms with Gasteiger partial charge in [-0.1, -0.05) is 11.6 Å². The van der Waals surface area contributed by atoms with Gasteiger partial charge in [0.15, 0.2) is 0 Å². The Bertz CT molecular complexity index is 561. The predicted molar refractivity (Wildman–Crippen MR) is 70.3 cm³/mol. The van der Waals surface area contributed by atoms with Gasteiger partial charge in [-0.3, -0.25) is 9.59 Å². The van der Waals surface area contributed by atoms with Crippen molar-refractivity contribution in [3.05, 3.63) is 28.8 Å². The summed E-state index contributed by atoms with van der Waals surface area (Å²) < 4.78 is 5.25. The molecule has 0 bridgehead atoms. The number of halogens is 1. The van der Waals surface area contributed by atoms with Crippen molar-refractivity contribution in [2.24, 2.45) is 0 Å². The number of benzene rings is 1. The molecule has 1 saturated heterocycles. The minimum absolute atomic E-state index is 0.0893. The highest BCUT2D eigenvalue weighted by molar-refractivity contribution is 6.31. The molecule has 100 valence electrons. The number of carbonyl (C=O) groups is 2. The molecule has 2 aliphatic rings. The lowest BCUT2D eigenvalue weighted by molar-refractivity contribution is -0.119. The van der Waals surface area contributed by atoms with Crippen LogP contribution < -0.4 is 5.32 Å². The number of nitrogens with zero attached hydrogens (tertiary/aromatic N) is 1. The summed E-state index contributed by atoms with van der Waals surface area (Å²) in [5.41, 5.74) is 0.947. The fourth-order valence-corrected chi connectivity index (χ4v) is 2.79. The van der Waals surface area contributed by atoms with Gasteiger partial charge in [-0.05, 0) is 18.2 Å². The van der Waals surface area contributed by atoms with Gasteiger partial charge in [0, 0.05) is 25.1 Å². The van der Waals surface area contributed by atoms with Crippen LogP contribution in [0.15, 0.2) is 18.2 Å². The van der Waals surface area contributed by atoms with Crippen LogP contribution in [0.3, 0.4) is 0 Å². The molecule has 1 fully saturated rings. The Morgan fingerprint density at radius 3 is 2.95 bits per heavy atom. The van der Waals surface area contributed by atoms with Crippen molar-refractivity contribution >= 4 is 29.1 Å². The minimum atomic E-state index is -0.469. The van der Waals surface area contributed by atoms with Crippen LogP contribution in [0.25, 0.3) is 0 Å². The van der Waals surface area contributed by atoms with Crippen molar-refractivity contribution in [3.8, 4) is 0 Å². The Kier molecular flexibility index (Phi) is 2.95. The molecule has 2 atom stereocenters. The van der Waals surface area contributed by atoms with E-state index in [2.05, 4.69) is 5.32 Å². The number of rotatable bonds is 1. The molecule has 1 aromatic rings. The van der Waals surface area contributed by atoms with Gasteiger partial charge in [-0.25, -0.2) is 0 Å². The van der Waals surface area contributed by atoms with Crippen molar-refractivity contribution in [3.63, 3.8) is 0 Å². The normalized spacial score (nSPS) is 25.7. The van der Waals surface area contributed by atoms with Gasteiger partial charge in [-0.15, -0.1) is 0 Å². The number of hydrogen-bond acceptors (Lipinski definition) is 3. The van der Waals surface area contributed by atoms with E-state index in [0.29, 0.717) is 29.2 Å². The first-order valence-corrected chi connectivity index (χ1v) is 6.42. The van der Waals surface area contributed by atoms with Gasteiger partial charge >= 0.3 is 0 Å². The number of nitrogens with one attached hydrogen (secondary N) is 1. The molecule has 0 aromatic heterocycles. The maximum atomic E-state index is 12.5. The summed E-state index contributed by atoms with van der Waals surface area (Å²) in [6.45, 7) is 0.440. The van der Waals surface area contributed by atoms with Crippen molar-refractivity contribution in [1.82, 2.24) is 4.90 Å². The second kappa shape index (κ2) is 4.51. The van der Waals surface area contributed by atoms with Gasteiger partial charge in [0.05, 0.1) is 17.4 Å². The van der Waals surface area contributed by atoms with E-state index in [1.165, 1.54) is 0 Å². The van der Waals surface area contributed by atoms with E-state index in [1.54, 1.807) is 30.2 Å². The van der Waals surface area contributed by atoms with Crippen LogP contribution in [0, 0.1) is 0 Å². The molecule has 5 nitrogen and oxygen atoms in total. The lowest BCUT2D eigenvalue weighted by Crippen LogP contribution is -2.40. The van der Waals surface area contributed by atoms with Crippen LogP contribution >= 0.6 is 11.6 Å². The summed E-state index contributed by atoms with van der Waals surface area (Å²) in [7, 11) is 1.59. The van der Waals surface area contributed by atoms with Crippen molar-refractivity contribution < 1.29 is 14.3 Å². The van der Waals surface area contributed by atoms with Gasteiger partial charge in [0.25, 0.3) is 5.91 Å². The maximum Gasteiger partial charge on any atom is 0.256 e. The molecule has 0 aliphatic carbocycles. The van der Waals surface area contributed by atoms with Gasteiger partial charge in [-0.2, -0.15) is 0 Å². The molecule has 6 heteroatoms. The van der Waals surface area contributed by atoms with Crippen LogP contribution in [-0.4, -0.2) is 42.5 Å². The summed E-state index contributed by atoms with van der Waals surface area (Å²) >= 11 is 5.90. The maximum absolute atomic E-state index is 12.5. The van der Waals surface area contributed by atoms with Crippen molar-refractivity contribution in [1.29, 1.82) is 0 Å². The Morgan fingerprint density at radius 2 is 2.21 bits per heavy atom. The van der Waals surface area contributed by atoms with Crippen LogP contribution in [0.1, 0.15) is 16.8 Å². The summed E-state index contributed by atoms with van der Waals surface area (Å²) in [6, 6.07) is 4.42. The SMILES string of the molecule is CO[C@@H]1C[C@H]2C(=O)Nc3cc(Cl)ccc3C(=O)N2C1. The molecule has 3 rings (SSSR count). The third kappa shape index (κ3) is 1.99. The summed E-state index contributed by atoms with van der Waals surface area (Å²) in [4.78, 5) is 26.2. The zero-order valence-electron chi connectivity index (χ0n) is 10.4. The van der Waals surface area contributed by atoms with E-state index in [0.717, 1.165) is 0 Å². The highest BCUT2D eigenvalue weighted by atomic mass is 35.5. The molecule has 0 unspecified atom stereocenters. The van der Waals surface area contributed by atoms with E-state index < -0.39 is 6.04 Å². The molecule has 2 aliphatic heterocycles. The highest BCUT2D eigenvalue weighted by Crippen LogP contribution is 2.31. The van der Waals surface area contributed by atoms with Gasteiger partial charge in [0.1, 0.15) is 6.04 Å². The molecule has 19 heavy (non-hydrogen) atoms. The number of amides is 2. The van der Waals surface area contributed by atoms with Crippen LogP contribution in [0.5, 0.6) is 0 Å². The first-order valence-electron chi connectivity index (χ1n) is 6.04. The quantitative estimate of drug-likeness (QED) is 0.848. The first-order chi connectivity index (χ1) is 9.10. The number of hydrogen-bond donors (Lipinski definition) is 1. The Morgan fingerprint density at radius 1 is 1.42 bits per heavy atom. The molecule has 0 radical (unpaired) electrons. The molecule has 0 saturated carbocycles. The fraction of sp³-hybridized carbons (Fsp3) is 0.385. The van der Waals surface area contributed by atoms with Crippen LogP contribution in [0.4, 0.5) is 5.69 Å². The first kappa shape index (κ1) is 12.4. The number of anilines is 1. The molecule has 1 aromatic carbocycles. The number of carbonyl (C=O) groups excluding carboxylic acids is 2. The third-order valence-corrected chi connectivity index (χ3v) is 3.86. The molecule has 1 N–H and O–H groups in total. The summed E-state index contributed by atoms with van der Waals surface area (Å²) in [5, 5.41) is 3.26. The smallest absolute Gasteiger partial charge is 0.256 e. The topological polar surface area (TPSA) is 58.6 Å². The average Bonchev–Trinajstić information content (AvgIpc) is 2.79. The van der Waals surface area contributed by atoms with Gasteiger partial charge < -0.3 is 15.0 Å². The fourth-order valence-electron chi connectivity index (χ4n) is 2.62.